The van der Waals surface area contributed by atoms with E-state index < -0.39 is 6.10 Å². The van der Waals surface area contributed by atoms with Crippen LogP contribution >= 0.6 is 0 Å². The molecule has 0 fully saturated rings. The lowest BCUT2D eigenvalue weighted by Gasteiger charge is -2.18. The lowest BCUT2D eigenvalue weighted by Crippen LogP contribution is -2.33. The third kappa shape index (κ3) is 3.76. The van der Waals surface area contributed by atoms with Gasteiger partial charge in [0.1, 0.15) is 5.75 Å². The Hall–Kier alpha value is -2.96. The van der Waals surface area contributed by atoms with Gasteiger partial charge < -0.3 is 20.5 Å². The number of phenolic OH excluding ortho intramolecular Hbond substituents is 1. The molecule has 0 spiro atoms. The molecule has 0 amide bonds. The van der Waals surface area contributed by atoms with Crippen molar-refractivity contribution >= 4 is 16.7 Å². The van der Waals surface area contributed by atoms with E-state index in [1.54, 1.807) is 19.1 Å². The maximum atomic E-state index is 11.9. The summed E-state index contributed by atoms with van der Waals surface area (Å²) in [7, 11) is 0. The zero-order valence-electron chi connectivity index (χ0n) is 17.2. The number of aromatic hydroxyl groups is 1. The van der Waals surface area contributed by atoms with E-state index in [-0.39, 0.29) is 23.1 Å². The van der Waals surface area contributed by atoms with Crippen LogP contribution in [0.1, 0.15) is 52.6 Å². The van der Waals surface area contributed by atoms with Crippen molar-refractivity contribution in [3.63, 3.8) is 0 Å². The molecule has 0 saturated heterocycles. The zero-order chi connectivity index (χ0) is 21.4. The molecular formula is C24H26N2O4. The van der Waals surface area contributed by atoms with Crippen molar-refractivity contribution in [3.05, 3.63) is 74.6 Å². The number of aliphatic hydroxyl groups excluding tert-OH is 1. The second kappa shape index (κ2) is 8.05. The van der Waals surface area contributed by atoms with E-state index in [0.717, 1.165) is 30.4 Å². The number of carbonyl (C=O) groups is 1. The van der Waals surface area contributed by atoms with Crippen LogP contribution in [0.5, 0.6) is 5.75 Å². The molecule has 2 aromatic carbocycles. The van der Waals surface area contributed by atoms with Crippen molar-refractivity contribution in [1.82, 2.24) is 10.3 Å². The second-order valence-corrected chi connectivity index (χ2v) is 8.00. The van der Waals surface area contributed by atoms with Crippen LogP contribution in [-0.4, -0.2) is 33.6 Å². The molecule has 0 bridgehead atoms. The topological polar surface area (TPSA) is 102 Å². The number of H-pyrrole nitrogens is 1. The Morgan fingerprint density at radius 2 is 1.93 bits per heavy atom. The van der Waals surface area contributed by atoms with Gasteiger partial charge in [0.25, 0.3) is 0 Å². The van der Waals surface area contributed by atoms with Crippen molar-refractivity contribution in [2.45, 2.75) is 45.3 Å². The van der Waals surface area contributed by atoms with E-state index in [4.69, 9.17) is 0 Å². The molecule has 0 radical (unpaired) electrons. The molecule has 1 aliphatic rings. The van der Waals surface area contributed by atoms with Crippen LogP contribution in [0.2, 0.25) is 0 Å². The lowest BCUT2D eigenvalue weighted by atomic mass is 9.96. The largest absolute Gasteiger partial charge is 0.506 e. The quantitative estimate of drug-likeness (QED) is 0.472. The van der Waals surface area contributed by atoms with Gasteiger partial charge in [-0.2, -0.15) is 0 Å². The Labute approximate surface area is 174 Å². The Kier molecular flexibility index (Phi) is 5.45. The summed E-state index contributed by atoms with van der Waals surface area (Å²) in [5, 5.41) is 24.8. The van der Waals surface area contributed by atoms with Crippen LogP contribution in [0.4, 0.5) is 0 Å². The average Bonchev–Trinajstić information content (AvgIpc) is 3.13. The van der Waals surface area contributed by atoms with Gasteiger partial charge in [0.05, 0.1) is 11.6 Å². The number of benzene rings is 2. The smallest absolute Gasteiger partial charge is 0.248 e. The number of aliphatic hydroxyl groups is 1. The first-order valence-electron chi connectivity index (χ1n) is 10.3. The SMILES string of the molecule is CCc1cc2c(cc1C(C)=O)CC(NCC(O)c1ccc(O)c3[nH]c(=O)ccc13)C2. The number of pyridine rings is 1. The Morgan fingerprint density at radius 3 is 2.63 bits per heavy atom. The van der Waals surface area contributed by atoms with Gasteiger partial charge in [-0.05, 0) is 66.6 Å². The van der Waals surface area contributed by atoms with E-state index in [0.29, 0.717) is 23.0 Å². The highest BCUT2D eigenvalue weighted by Crippen LogP contribution is 2.30. The van der Waals surface area contributed by atoms with Gasteiger partial charge >= 0.3 is 0 Å². The number of hydrogen-bond donors (Lipinski definition) is 4. The molecule has 6 nitrogen and oxygen atoms in total. The van der Waals surface area contributed by atoms with E-state index >= 15 is 0 Å². The average molecular weight is 406 g/mol. The summed E-state index contributed by atoms with van der Waals surface area (Å²) in [5.74, 6) is 0.0737. The maximum Gasteiger partial charge on any atom is 0.248 e. The number of nitrogens with one attached hydrogen (secondary N) is 2. The monoisotopic (exact) mass is 406 g/mol. The van der Waals surface area contributed by atoms with Crippen LogP contribution in [0.15, 0.2) is 41.2 Å². The van der Waals surface area contributed by atoms with Gasteiger partial charge in [0.15, 0.2) is 5.78 Å². The van der Waals surface area contributed by atoms with Crippen LogP contribution in [-0.2, 0) is 19.3 Å². The summed E-state index contributed by atoms with van der Waals surface area (Å²) in [6.45, 7) is 4.01. The predicted octanol–water partition coefficient (Wildman–Crippen LogP) is 2.79. The zero-order valence-corrected chi connectivity index (χ0v) is 17.2. The molecule has 2 unspecified atom stereocenters. The summed E-state index contributed by atoms with van der Waals surface area (Å²) in [4.78, 5) is 26.1. The highest BCUT2D eigenvalue weighted by Gasteiger charge is 2.24. The molecule has 6 heteroatoms. The first kappa shape index (κ1) is 20.3. The molecule has 0 aliphatic heterocycles. The standard InChI is InChI=1S/C24H26N2O4/c1-3-14-8-15-9-17(10-16(15)11-20(14)13(2)27)25-12-22(29)18-4-6-21(28)24-19(18)5-7-23(30)26-24/h4-8,11,17,22,25,28-29H,3,9-10,12H2,1-2H3,(H,26,30). The summed E-state index contributed by atoms with van der Waals surface area (Å²) < 4.78 is 0. The van der Waals surface area contributed by atoms with Crippen molar-refractivity contribution in [2.75, 3.05) is 6.54 Å². The minimum absolute atomic E-state index is 0.0224. The molecule has 3 aromatic rings. The molecule has 156 valence electrons. The molecule has 4 rings (SSSR count). The molecule has 2 atom stereocenters. The fourth-order valence-corrected chi connectivity index (χ4v) is 4.43. The third-order valence-corrected chi connectivity index (χ3v) is 5.98. The van der Waals surface area contributed by atoms with E-state index in [1.165, 1.54) is 23.3 Å². The first-order valence-corrected chi connectivity index (χ1v) is 10.3. The Balaban J connectivity index is 1.49. The van der Waals surface area contributed by atoms with Crippen LogP contribution in [0.3, 0.4) is 0 Å². The molecule has 0 saturated carbocycles. The van der Waals surface area contributed by atoms with Gasteiger partial charge in [-0.1, -0.05) is 19.1 Å². The van der Waals surface area contributed by atoms with Crippen molar-refractivity contribution in [3.8, 4) is 5.75 Å². The van der Waals surface area contributed by atoms with Crippen LogP contribution < -0.4 is 10.9 Å². The van der Waals surface area contributed by atoms with Gasteiger partial charge in [-0.25, -0.2) is 0 Å². The summed E-state index contributed by atoms with van der Waals surface area (Å²) in [6.07, 6.45) is 1.71. The van der Waals surface area contributed by atoms with Gasteiger partial charge in [0, 0.05) is 29.6 Å². The molecule has 1 aliphatic carbocycles. The summed E-state index contributed by atoms with van der Waals surface area (Å²) in [6, 6.07) is 10.5. The molecular weight excluding hydrogens is 380 g/mol. The molecule has 30 heavy (non-hydrogen) atoms. The summed E-state index contributed by atoms with van der Waals surface area (Å²) in [5.41, 5.74) is 5.02. The van der Waals surface area contributed by atoms with E-state index in [9.17, 15) is 19.8 Å². The number of aryl methyl sites for hydroxylation is 1. The highest BCUT2D eigenvalue weighted by molar-refractivity contribution is 5.96. The minimum Gasteiger partial charge on any atom is -0.506 e. The van der Waals surface area contributed by atoms with Crippen molar-refractivity contribution in [2.24, 2.45) is 0 Å². The third-order valence-electron chi connectivity index (χ3n) is 5.98. The molecule has 1 aromatic heterocycles. The number of carbonyl (C=O) groups excluding carboxylic acids is 1. The van der Waals surface area contributed by atoms with Crippen LogP contribution in [0, 0.1) is 0 Å². The number of fused-ring (bicyclic) bond motifs is 2. The number of Topliss-reactive ketones (excluding diaryl/α,β-unsaturated/α-hetero) is 1. The number of aromatic nitrogens is 1. The number of hydrogen-bond acceptors (Lipinski definition) is 5. The minimum atomic E-state index is -0.790. The van der Waals surface area contributed by atoms with Crippen molar-refractivity contribution < 1.29 is 15.0 Å². The number of aromatic amines is 1. The van der Waals surface area contributed by atoms with Crippen LogP contribution in [0.25, 0.3) is 10.9 Å². The van der Waals surface area contributed by atoms with Gasteiger partial charge in [-0.15, -0.1) is 0 Å². The summed E-state index contributed by atoms with van der Waals surface area (Å²) >= 11 is 0. The fourth-order valence-electron chi connectivity index (χ4n) is 4.43. The molecule has 1 heterocycles. The maximum absolute atomic E-state index is 11.9. The Bertz CT molecular complexity index is 1180. The predicted molar refractivity (Wildman–Crippen MR) is 116 cm³/mol. The van der Waals surface area contributed by atoms with Crippen molar-refractivity contribution in [1.29, 1.82) is 0 Å². The first-order chi connectivity index (χ1) is 14.4. The second-order valence-electron chi connectivity index (χ2n) is 8.00. The normalized spacial score (nSPS) is 16.6. The molecule has 4 N–H and O–H groups in total. The lowest BCUT2D eigenvalue weighted by molar-refractivity contribution is 0.101. The van der Waals surface area contributed by atoms with Gasteiger partial charge in [0.2, 0.25) is 5.56 Å². The van der Waals surface area contributed by atoms with E-state index in [2.05, 4.69) is 23.3 Å². The number of ketones is 1. The highest BCUT2D eigenvalue weighted by atomic mass is 16.3. The van der Waals surface area contributed by atoms with E-state index in [1.807, 2.05) is 6.07 Å². The Morgan fingerprint density at radius 1 is 1.20 bits per heavy atom. The number of phenols is 1. The van der Waals surface area contributed by atoms with Gasteiger partial charge in [-0.3, -0.25) is 9.59 Å². The number of rotatable bonds is 6. The fraction of sp³-hybridized carbons (Fsp3) is 0.333.